The molecule has 1 heterocycles. The molecule has 8 nitrogen and oxygen atoms in total. The van der Waals surface area contributed by atoms with Crippen LogP contribution in [0.1, 0.15) is 56.9 Å². The number of alkyl carbamates (subject to hydrolysis) is 1. The molecule has 6 fully saturated rings. The zero-order valence-corrected chi connectivity index (χ0v) is 19.4. The minimum atomic E-state index is -0.811. The van der Waals surface area contributed by atoms with E-state index in [0.717, 1.165) is 44.1 Å². The molecule has 1 aromatic carbocycles. The van der Waals surface area contributed by atoms with Crippen LogP contribution >= 0.6 is 0 Å². The van der Waals surface area contributed by atoms with E-state index >= 15 is 0 Å². The summed E-state index contributed by atoms with van der Waals surface area (Å²) in [5.74, 6) is 0.637. The van der Waals surface area contributed by atoms with Crippen LogP contribution in [-0.4, -0.2) is 51.6 Å². The number of hydrogen-bond donors (Lipinski definition) is 3. The lowest BCUT2D eigenvalue weighted by molar-refractivity contribution is -0.311. The van der Waals surface area contributed by atoms with E-state index in [4.69, 9.17) is 4.74 Å². The Kier molecular flexibility index (Phi) is 5.04. The lowest BCUT2D eigenvalue weighted by Gasteiger charge is -2.62. The van der Waals surface area contributed by atoms with E-state index in [1.807, 2.05) is 30.3 Å². The first kappa shape index (κ1) is 22.0. The average molecular weight is 469 g/mol. The van der Waals surface area contributed by atoms with Crippen molar-refractivity contribution in [2.24, 2.45) is 23.2 Å². The molecule has 4 bridgehead atoms. The smallest absolute Gasteiger partial charge is 0.408 e. The Morgan fingerprint density at radius 1 is 1.09 bits per heavy atom. The van der Waals surface area contributed by atoms with E-state index in [1.54, 1.807) is 4.90 Å². The standard InChI is InChI=1S/C26H33N3O5/c27-22(30)20-8-18-7-19(18)29(20)23(31)21(28-24(32)34-13-15-4-2-1-3-5-15)25-9-16-6-17(10-25)12-26(33,11-16)14-25/h1-5,16-21,33H,6-14H2,(H2,27,30)(H,28,32)/p+1. The topological polar surface area (TPSA) is 124 Å². The SMILES string of the molecule is [NH3+]C(=O)C1CC2CC2N1C(=O)C(NC(=O)OCc1ccccc1)C12CC3CC(CC(O)(C3)C1)C2. The number of likely N-dealkylation sites (tertiary alicyclic amines) is 1. The highest BCUT2D eigenvalue weighted by atomic mass is 16.5. The second-order valence-electron chi connectivity index (χ2n) is 11.7. The third-order valence-corrected chi connectivity index (χ3v) is 9.14. The van der Waals surface area contributed by atoms with Crippen molar-refractivity contribution in [2.75, 3.05) is 0 Å². The monoisotopic (exact) mass is 468 g/mol. The van der Waals surface area contributed by atoms with Crippen LogP contribution in [0.25, 0.3) is 0 Å². The summed E-state index contributed by atoms with van der Waals surface area (Å²) in [6, 6.07) is 8.16. The quantitative estimate of drug-likeness (QED) is 0.582. The van der Waals surface area contributed by atoms with Gasteiger partial charge in [0.05, 0.1) is 5.60 Å². The van der Waals surface area contributed by atoms with Crippen LogP contribution in [0.15, 0.2) is 30.3 Å². The van der Waals surface area contributed by atoms with Gasteiger partial charge in [-0.3, -0.25) is 10.5 Å². The minimum absolute atomic E-state index is 0.0600. The Morgan fingerprint density at radius 2 is 1.79 bits per heavy atom. The number of aliphatic hydroxyl groups is 1. The predicted molar refractivity (Wildman–Crippen MR) is 121 cm³/mol. The molecule has 1 aliphatic heterocycles. The summed E-state index contributed by atoms with van der Waals surface area (Å²) in [5.41, 5.74) is 3.20. The third-order valence-electron chi connectivity index (χ3n) is 9.14. The molecule has 182 valence electrons. The van der Waals surface area contributed by atoms with Gasteiger partial charge in [0.15, 0.2) is 0 Å². The fraction of sp³-hybridized carbons (Fsp3) is 0.654. The maximum absolute atomic E-state index is 14.1. The Morgan fingerprint density at radius 3 is 2.44 bits per heavy atom. The van der Waals surface area contributed by atoms with Gasteiger partial charge in [-0.25, -0.2) is 9.59 Å². The zero-order chi connectivity index (χ0) is 23.7. The molecule has 5 aliphatic carbocycles. The third kappa shape index (κ3) is 3.71. The normalized spacial score (nSPS) is 39.9. The van der Waals surface area contributed by atoms with Gasteiger partial charge in [0.2, 0.25) is 5.91 Å². The number of carbonyl (C=O) groups excluding carboxylic acids is 3. The first-order valence-electron chi connectivity index (χ1n) is 12.6. The van der Waals surface area contributed by atoms with Crippen LogP contribution in [0, 0.1) is 23.2 Å². The molecule has 5 saturated carbocycles. The summed E-state index contributed by atoms with van der Waals surface area (Å²) < 4.78 is 5.51. The van der Waals surface area contributed by atoms with Gasteiger partial charge in [-0.1, -0.05) is 30.3 Å². The van der Waals surface area contributed by atoms with Gasteiger partial charge in [-0.2, -0.15) is 0 Å². The molecule has 6 atom stereocenters. The molecule has 5 N–H and O–H groups in total. The molecule has 7 rings (SSSR count). The van der Waals surface area contributed by atoms with E-state index in [9.17, 15) is 19.5 Å². The summed E-state index contributed by atoms with van der Waals surface area (Å²) in [5, 5.41) is 14.3. The summed E-state index contributed by atoms with van der Waals surface area (Å²) in [6.45, 7) is 0.115. The molecule has 8 heteroatoms. The van der Waals surface area contributed by atoms with Crippen LogP contribution in [0.2, 0.25) is 0 Å². The van der Waals surface area contributed by atoms with Crippen molar-refractivity contribution in [1.82, 2.24) is 10.2 Å². The highest BCUT2D eigenvalue weighted by Gasteiger charge is 2.64. The number of quaternary nitrogens is 1. The second-order valence-corrected chi connectivity index (χ2v) is 11.7. The first-order chi connectivity index (χ1) is 16.3. The molecule has 1 saturated heterocycles. The van der Waals surface area contributed by atoms with Crippen molar-refractivity contribution >= 4 is 17.9 Å². The van der Waals surface area contributed by atoms with Gasteiger partial charge in [0.1, 0.15) is 18.7 Å². The largest absolute Gasteiger partial charge is 0.445 e. The maximum Gasteiger partial charge on any atom is 0.408 e. The highest BCUT2D eigenvalue weighted by Crippen LogP contribution is 2.63. The van der Waals surface area contributed by atoms with Crippen LogP contribution in [0.3, 0.4) is 0 Å². The molecular weight excluding hydrogens is 434 g/mol. The summed E-state index contributed by atoms with van der Waals surface area (Å²) in [7, 11) is 0. The highest BCUT2D eigenvalue weighted by molar-refractivity contribution is 5.91. The second kappa shape index (κ2) is 7.78. The van der Waals surface area contributed by atoms with Crippen LogP contribution in [0.4, 0.5) is 4.79 Å². The fourth-order valence-electron chi connectivity index (χ4n) is 8.19. The Labute approximate surface area is 199 Å². The molecule has 0 aromatic heterocycles. The van der Waals surface area contributed by atoms with Crippen molar-refractivity contribution in [3.63, 3.8) is 0 Å². The van der Waals surface area contributed by atoms with Gasteiger partial charge >= 0.3 is 12.0 Å². The van der Waals surface area contributed by atoms with Gasteiger partial charge in [0.25, 0.3) is 0 Å². The number of piperidine rings is 1. The fourth-order valence-corrected chi connectivity index (χ4v) is 8.19. The van der Waals surface area contributed by atoms with Crippen molar-refractivity contribution in [3.8, 4) is 0 Å². The molecule has 0 spiro atoms. The molecule has 0 radical (unpaired) electrons. The predicted octanol–water partition coefficient (Wildman–Crippen LogP) is 1.37. The van der Waals surface area contributed by atoms with Crippen molar-refractivity contribution < 1.29 is 30.0 Å². The molecule has 3 amide bonds. The number of benzene rings is 1. The molecule has 6 aliphatic rings. The van der Waals surface area contributed by atoms with E-state index in [2.05, 4.69) is 11.1 Å². The average Bonchev–Trinajstić information content (AvgIpc) is 3.43. The first-order valence-corrected chi connectivity index (χ1v) is 12.6. The number of hydrogen-bond acceptors (Lipinski definition) is 5. The molecule has 6 unspecified atom stereocenters. The molecule has 34 heavy (non-hydrogen) atoms. The van der Waals surface area contributed by atoms with E-state index in [-0.39, 0.29) is 24.5 Å². The number of carbonyl (C=O) groups is 3. The Balaban J connectivity index is 1.28. The summed E-state index contributed by atoms with van der Waals surface area (Å²) >= 11 is 0. The lowest BCUT2D eigenvalue weighted by Crippen LogP contribution is -2.70. The number of fused-ring (bicyclic) bond motifs is 1. The number of rotatable bonds is 6. The van der Waals surface area contributed by atoms with Gasteiger partial charge in [-0.05, 0) is 74.7 Å². The number of amides is 3. The minimum Gasteiger partial charge on any atom is -0.445 e. The van der Waals surface area contributed by atoms with Crippen molar-refractivity contribution in [3.05, 3.63) is 35.9 Å². The molecule has 1 aromatic rings. The summed E-state index contributed by atoms with van der Waals surface area (Å²) in [6.07, 6.45) is 5.70. The van der Waals surface area contributed by atoms with Gasteiger partial charge < -0.3 is 20.1 Å². The Hall–Kier alpha value is -2.45. The number of ether oxygens (including phenoxy) is 1. The van der Waals surface area contributed by atoms with E-state index in [0.29, 0.717) is 30.6 Å². The van der Waals surface area contributed by atoms with Crippen LogP contribution in [0.5, 0.6) is 0 Å². The molecular formula is C26H34N3O5+. The van der Waals surface area contributed by atoms with Crippen molar-refractivity contribution in [2.45, 2.75) is 81.7 Å². The lowest BCUT2D eigenvalue weighted by atomic mass is 9.46. The summed E-state index contributed by atoms with van der Waals surface area (Å²) in [4.78, 5) is 41.1. The van der Waals surface area contributed by atoms with Gasteiger partial charge in [0, 0.05) is 11.5 Å². The number of nitrogens with zero attached hydrogens (tertiary/aromatic N) is 1. The zero-order valence-electron chi connectivity index (χ0n) is 19.4. The van der Waals surface area contributed by atoms with Crippen molar-refractivity contribution in [1.29, 1.82) is 0 Å². The van der Waals surface area contributed by atoms with Gasteiger partial charge in [-0.15, -0.1) is 0 Å². The van der Waals surface area contributed by atoms with E-state index in [1.165, 1.54) is 0 Å². The van der Waals surface area contributed by atoms with Crippen LogP contribution in [-0.2, 0) is 20.9 Å². The maximum atomic E-state index is 14.1. The van der Waals surface area contributed by atoms with E-state index < -0.39 is 29.2 Å². The number of nitrogens with one attached hydrogen (secondary N) is 1. The Bertz CT molecular complexity index is 999. The van der Waals surface area contributed by atoms with Crippen LogP contribution < -0.4 is 11.1 Å².